The van der Waals surface area contributed by atoms with Crippen molar-refractivity contribution in [2.75, 3.05) is 12.3 Å². The van der Waals surface area contributed by atoms with Crippen LogP contribution in [0.2, 0.25) is 5.02 Å². The van der Waals surface area contributed by atoms with E-state index in [1.807, 2.05) is 49.7 Å². The number of hydrogen-bond donors (Lipinski definition) is 1. The Hall–Kier alpha value is -2.52. The summed E-state index contributed by atoms with van der Waals surface area (Å²) in [5.41, 5.74) is 2.38. The van der Waals surface area contributed by atoms with Gasteiger partial charge >= 0.3 is 6.09 Å². The lowest BCUT2D eigenvalue weighted by molar-refractivity contribution is 0.171. The number of aromatic nitrogens is 3. The zero-order valence-corrected chi connectivity index (χ0v) is 19.6. The lowest BCUT2D eigenvalue weighted by Crippen LogP contribution is -2.39. The van der Waals surface area contributed by atoms with Gasteiger partial charge in [-0.2, -0.15) is 5.10 Å². The standard InChI is InChI=1S/C21H27ClN4O4S/c1-14(2)7-11-26(21(27)28)31(29,30)12-9-18-15(3)23-24(4)20(18)25-10-8-16-13-17(22)5-6-19(16)25/h5-6,8,10,13-14H,7,9,11-12H2,1-4H3,(H,27,28). The van der Waals surface area contributed by atoms with Crippen LogP contribution in [0.5, 0.6) is 0 Å². The number of rotatable bonds is 8. The molecule has 1 aromatic carbocycles. The molecule has 0 atom stereocenters. The SMILES string of the molecule is Cc1nn(C)c(-n2ccc3cc(Cl)ccc32)c1CCS(=O)(=O)N(CCC(C)C)C(=O)O. The van der Waals surface area contributed by atoms with Crippen molar-refractivity contribution >= 4 is 38.6 Å². The average molecular weight is 467 g/mol. The summed E-state index contributed by atoms with van der Waals surface area (Å²) in [5.74, 6) is 0.621. The van der Waals surface area contributed by atoms with E-state index in [0.29, 0.717) is 21.4 Å². The number of halogens is 1. The maximum atomic E-state index is 12.8. The lowest BCUT2D eigenvalue weighted by Gasteiger charge is -2.20. The average Bonchev–Trinajstić information content (AvgIpc) is 3.18. The Balaban J connectivity index is 1.93. The Labute approximate surface area is 187 Å². The highest BCUT2D eigenvalue weighted by atomic mass is 35.5. The number of carbonyl (C=O) groups is 1. The van der Waals surface area contributed by atoms with Gasteiger partial charge in [-0.25, -0.2) is 17.5 Å². The molecule has 168 valence electrons. The van der Waals surface area contributed by atoms with E-state index in [9.17, 15) is 18.3 Å². The highest BCUT2D eigenvalue weighted by Crippen LogP contribution is 2.27. The highest BCUT2D eigenvalue weighted by Gasteiger charge is 2.28. The Kier molecular flexibility index (Phi) is 6.66. The van der Waals surface area contributed by atoms with Gasteiger partial charge in [0.2, 0.25) is 10.0 Å². The monoisotopic (exact) mass is 466 g/mol. The summed E-state index contributed by atoms with van der Waals surface area (Å²) in [4.78, 5) is 11.6. The minimum Gasteiger partial charge on any atom is -0.464 e. The number of benzene rings is 1. The maximum Gasteiger partial charge on any atom is 0.421 e. The van der Waals surface area contributed by atoms with E-state index >= 15 is 0 Å². The van der Waals surface area contributed by atoms with Crippen LogP contribution in [0.15, 0.2) is 30.5 Å². The van der Waals surface area contributed by atoms with Crippen molar-refractivity contribution < 1.29 is 18.3 Å². The molecule has 1 N–H and O–H groups in total. The summed E-state index contributed by atoms with van der Waals surface area (Å²) in [5, 5.41) is 15.5. The predicted octanol–water partition coefficient (Wildman–Crippen LogP) is 4.22. The van der Waals surface area contributed by atoms with E-state index in [1.54, 1.807) is 17.8 Å². The molecule has 2 heterocycles. The van der Waals surface area contributed by atoms with Crippen molar-refractivity contribution in [1.82, 2.24) is 18.7 Å². The molecule has 0 fully saturated rings. The van der Waals surface area contributed by atoms with Gasteiger partial charge in [0.1, 0.15) is 5.82 Å². The molecule has 1 amide bonds. The van der Waals surface area contributed by atoms with E-state index < -0.39 is 16.1 Å². The number of amides is 1. The van der Waals surface area contributed by atoms with Gasteiger partial charge < -0.3 is 9.67 Å². The van der Waals surface area contributed by atoms with Gasteiger partial charge in [-0.1, -0.05) is 25.4 Å². The predicted molar refractivity (Wildman–Crippen MR) is 121 cm³/mol. The number of aryl methyl sites for hydroxylation is 2. The van der Waals surface area contributed by atoms with Gasteiger partial charge in [0.05, 0.1) is 17.0 Å². The van der Waals surface area contributed by atoms with Gasteiger partial charge in [0.15, 0.2) is 0 Å². The summed E-state index contributed by atoms with van der Waals surface area (Å²) in [6, 6.07) is 7.49. The second-order valence-electron chi connectivity index (χ2n) is 8.00. The molecule has 0 radical (unpaired) electrons. The molecular weight excluding hydrogens is 440 g/mol. The first-order chi connectivity index (χ1) is 14.5. The second kappa shape index (κ2) is 8.92. The first-order valence-electron chi connectivity index (χ1n) is 10.0. The number of fused-ring (bicyclic) bond motifs is 1. The van der Waals surface area contributed by atoms with E-state index in [1.165, 1.54) is 0 Å². The Morgan fingerprint density at radius 2 is 2.00 bits per heavy atom. The van der Waals surface area contributed by atoms with Gasteiger partial charge in [-0.3, -0.25) is 4.68 Å². The fourth-order valence-corrected chi connectivity index (χ4v) is 5.14. The van der Waals surface area contributed by atoms with Crippen molar-refractivity contribution in [1.29, 1.82) is 0 Å². The van der Waals surface area contributed by atoms with Gasteiger partial charge in [0, 0.05) is 35.8 Å². The number of hydrogen-bond acceptors (Lipinski definition) is 4. The molecule has 3 rings (SSSR count). The van der Waals surface area contributed by atoms with Crippen LogP contribution in [-0.4, -0.2) is 50.6 Å². The zero-order valence-electron chi connectivity index (χ0n) is 18.0. The fourth-order valence-electron chi connectivity index (χ4n) is 3.65. The van der Waals surface area contributed by atoms with Crippen LogP contribution in [0.3, 0.4) is 0 Å². The molecule has 0 aliphatic heterocycles. The lowest BCUT2D eigenvalue weighted by atomic mass is 10.1. The molecule has 8 nitrogen and oxygen atoms in total. The van der Waals surface area contributed by atoms with E-state index in [2.05, 4.69) is 5.10 Å². The molecule has 0 unspecified atom stereocenters. The van der Waals surface area contributed by atoms with Crippen LogP contribution in [0.4, 0.5) is 4.79 Å². The highest BCUT2D eigenvalue weighted by molar-refractivity contribution is 7.89. The molecule has 3 aromatic rings. The minimum absolute atomic E-state index is 0.0444. The molecule has 0 bridgehead atoms. The van der Waals surface area contributed by atoms with Gasteiger partial charge in [0.25, 0.3) is 0 Å². The Morgan fingerprint density at radius 3 is 2.65 bits per heavy atom. The van der Waals surface area contributed by atoms with Crippen LogP contribution in [0.1, 0.15) is 31.5 Å². The van der Waals surface area contributed by atoms with Crippen molar-refractivity contribution in [2.45, 2.75) is 33.6 Å². The van der Waals surface area contributed by atoms with Crippen molar-refractivity contribution in [3.8, 4) is 5.82 Å². The molecular formula is C21H27ClN4O4S. The normalized spacial score (nSPS) is 12.1. The molecule has 0 spiro atoms. The Morgan fingerprint density at radius 1 is 1.29 bits per heavy atom. The zero-order chi connectivity index (χ0) is 22.9. The summed E-state index contributed by atoms with van der Waals surface area (Å²) in [6.07, 6.45) is 1.07. The first-order valence-corrected chi connectivity index (χ1v) is 12.0. The maximum absolute atomic E-state index is 12.8. The van der Waals surface area contributed by atoms with E-state index in [-0.39, 0.29) is 24.6 Å². The molecule has 31 heavy (non-hydrogen) atoms. The smallest absolute Gasteiger partial charge is 0.421 e. The summed E-state index contributed by atoms with van der Waals surface area (Å²) < 4.78 is 29.9. The van der Waals surface area contributed by atoms with E-state index in [0.717, 1.165) is 22.3 Å². The summed E-state index contributed by atoms with van der Waals surface area (Å²) in [7, 11) is -2.19. The molecule has 2 aromatic heterocycles. The number of carboxylic acid groups (broad SMARTS) is 1. The number of nitrogens with zero attached hydrogens (tertiary/aromatic N) is 4. The van der Waals surface area contributed by atoms with Crippen LogP contribution >= 0.6 is 11.6 Å². The van der Waals surface area contributed by atoms with Crippen LogP contribution < -0.4 is 0 Å². The van der Waals surface area contributed by atoms with Gasteiger partial charge in [-0.15, -0.1) is 0 Å². The molecule has 0 aliphatic rings. The number of sulfonamides is 1. The third-order valence-electron chi connectivity index (χ3n) is 5.26. The third kappa shape index (κ3) is 4.88. The van der Waals surface area contributed by atoms with Crippen molar-refractivity contribution in [3.05, 3.63) is 46.7 Å². The van der Waals surface area contributed by atoms with Crippen LogP contribution in [0.25, 0.3) is 16.7 Å². The first kappa shape index (κ1) is 23.1. The fraction of sp³-hybridized carbons (Fsp3) is 0.429. The van der Waals surface area contributed by atoms with Crippen molar-refractivity contribution in [2.24, 2.45) is 13.0 Å². The topological polar surface area (TPSA) is 97.4 Å². The quantitative estimate of drug-likeness (QED) is 0.535. The van der Waals surface area contributed by atoms with Crippen LogP contribution in [0, 0.1) is 12.8 Å². The Bertz CT molecular complexity index is 1210. The van der Waals surface area contributed by atoms with E-state index in [4.69, 9.17) is 11.6 Å². The minimum atomic E-state index is -3.99. The second-order valence-corrected chi connectivity index (χ2v) is 10.5. The largest absolute Gasteiger partial charge is 0.464 e. The summed E-state index contributed by atoms with van der Waals surface area (Å²) in [6.45, 7) is 5.62. The molecule has 0 saturated heterocycles. The summed E-state index contributed by atoms with van der Waals surface area (Å²) >= 11 is 6.09. The van der Waals surface area contributed by atoms with Gasteiger partial charge in [-0.05, 0) is 49.9 Å². The molecule has 0 saturated carbocycles. The van der Waals surface area contributed by atoms with Crippen molar-refractivity contribution in [3.63, 3.8) is 0 Å². The molecule has 0 aliphatic carbocycles. The van der Waals surface area contributed by atoms with Crippen LogP contribution in [-0.2, 0) is 23.5 Å². The third-order valence-corrected chi connectivity index (χ3v) is 7.23. The molecule has 10 heteroatoms.